The third-order valence-electron chi connectivity index (χ3n) is 3.62. The second kappa shape index (κ2) is 7.64. The Labute approximate surface area is 157 Å². The lowest BCUT2D eigenvalue weighted by atomic mass is 10.2. The summed E-state index contributed by atoms with van der Waals surface area (Å²) in [5, 5.41) is 3.78. The number of nitrogens with one attached hydrogen (secondary N) is 1. The molecule has 1 amide bonds. The van der Waals surface area contributed by atoms with Gasteiger partial charge in [-0.05, 0) is 61.9 Å². The summed E-state index contributed by atoms with van der Waals surface area (Å²) in [6.45, 7) is 3.33. The molecule has 0 aliphatic rings. The number of aryl methyl sites for hydroxylation is 1. The van der Waals surface area contributed by atoms with Gasteiger partial charge in [-0.1, -0.05) is 23.2 Å². The van der Waals surface area contributed by atoms with E-state index in [1.807, 2.05) is 0 Å². The third kappa shape index (κ3) is 4.87. The van der Waals surface area contributed by atoms with Crippen molar-refractivity contribution in [2.24, 2.45) is 0 Å². The highest BCUT2D eigenvalue weighted by Gasteiger charge is 2.29. The first-order valence-corrected chi connectivity index (χ1v) is 10.0. The Morgan fingerprint density at radius 2 is 1.64 bits per heavy atom. The van der Waals surface area contributed by atoms with Gasteiger partial charge in [0, 0.05) is 15.7 Å². The highest BCUT2D eigenvalue weighted by molar-refractivity contribution is 7.92. The van der Waals surface area contributed by atoms with Gasteiger partial charge < -0.3 is 5.32 Å². The summed E-state index contributed by atoms with van der Waals surface area (Å²) in [6, 6.07) is 10.4. The highest BCUT2D eigenvalue weighted by atomic mass is 35.5. The van der Waals surface area contributed by atoms with Crippen molar-refractivity contribution in [2.45, 2.75) is 19.9 Å². The molecule has 0 bridgehead atoms. The first kappa shape index (κ1) is 19.6. The van der Waals surface area contributed by atoms with Gasteiger partial charge in [0.25, 0.3) is 0 Å². The minimum atomic E-state index is -3.68. The predicted octanol–water partition coefficient (Wildman–Crippen LogP) is 4.10. The van der Waals surface area contributed by atoms with Crippen molar-refractivity contribution >= 4 is 50.5 Å². The molecule has 0 aliphatic heterocycles. The molecular weight excluding hydrogens is 383 g/mol. The van der Waals surface area contributed by atoms with Crippen LogP contribution in [0.15, 0.2) is 42.5 Å². The number of halogens is 2. The molecule has 2 rings (SSSR count). The van der Waals surface area contributed by atoms with Crippen LogP contribution in [0, 0.1) is 6.92 Å². The summed E-state index contributed by atoms with van der Waals surface area (Å²) in [5.41, 5.74) is 1.72. The summed E-state index contributed by atoms with van der Waals surface area (Å²) in [7, 11) is -3.68. The standard InChI is InChI=1S/C17H18Cl2N2O3S/c1-11-10-14(19)6-9-16(11)20-17(22)12(2)21(25(3,23)24)15-7-4-13(18)5-8-15/h4-10,12H,1-3H3,(H,20,22)/t12-/m1/s1. The maximum Gasteiger partial charge on any atom is 0.248 e. The van der Waals surface area contributed by atoms with E-state index in [-0.39, 0.29) is 0 Å². The molecule has 5 nitrogen and oxygen atoms in total. The van der Waals surface area contributed by atoms with E-state index in [4.69, 9.17) is 23.2 Å². The Balaban J connectivity index is 2.31. The number of amides is 1. The fourth-order valence-corrected chi connectivity index (χ4v) is 3.93. The van der Waals surface area contributed by atoms with Gasteiger partial charge in [-0.2, -0.15) is 0 Å². The topological polar surface area (TPSA) is 66.5 Å². The van der Waals surface area contributed by atoms with Crippen molar-refractivity contribution in [1.82, 2.24) is 0 Å². The van der Waals surface area contributed by atoms with Gasteiger partial charge >= 0.3 is 0 Å². The Bertz CT molecular complexity index is 883. The van der Waals surface area contributed by atoms with Crippen LogP contribution >= 0.6 is 23.2 Å². The van der Waals surface area contributed by atoms with E-state index in [1.165, 1.54) is 6.92 Å². The van der Waals surface area contributed by atoms with E-state index in [1.54, 1.807) is 49.4 Å². The van der Waals surface area contributed by atoms with Crippen LogP contribution in [0.25, 0.3) is 0 Å². The Kier molecular flexibility index (Phi) is 5.98. The fraction of sp³-hybridized carbons (Fsp3) is 0.235. The van der Waals surface area contributed by atoms with Crippen molar-refractivity contribution in [3.8, 4) is 0 Å². The summed E-state index contributed by atoms with van der Waals surface area (Å²) >= 11 is 11.8. The van der Waals surface area contributed by atoms with Crippen LogP contribution in [-0.2, 0) is 14.8 Å². The number of anilines is 2. The quantitative estimate of drug-likeness (QED) is 0.821. The monoisotopic (exact) mass is 400 g/mol. The lowest BCUT2D eigenvalue weighted by Gasteiger charge is -2.28. The number of hydrogen-bond donors (Lipinski definition) is 1. The number of rotatable bonds is 5. The van der Waals surface area contributed by atoms with Gasteiger partial charge in [-0.15, -0.1) is 0 Å². The molecule has 2 aromatic rings. The summed E-state index contributed by atoms with van der Waals surface area (Å²) in [5.74, 6) is -0.453. The maximum atomic E-state index is 12.6. The fourth-order valence-electron chi connectivity index (χ4n) is 2.40. The first-order chi connectivity index (χ1) is 11.6. The van der Waals surface area contributed by atoms with Gasteiger partial charge in [0.05, 0.1) is 11.9 Å². The molecule has 0 saturated carbocycles. The molecule has 0 saturated heterocycles. The van der Waals surface area contributed by atoms with Crippen molar-refractivity contribution in [1.29, 1.82) is 0 Å². The van der Waals surface area contributed by atoms with E-state index in [2.05, 4.69) is 5.32 Å². The molecule has 0 fully saturated rings. The maximum absolute atomic E-state index is 12.6. The molecule has 8 heteroatoms. The molecule has 0 heterocycles. The normalized spacial score (nSPS) is 12.5. The number of sulfonamides is 1. The molecule has 25 heavy (non-hydrogen) atoms. The van der Waals surface area contributed by atoms with E-state index in [9.17, 15) is 13.2 Å². The number of hydrogen-bond acceptors (Lipinski definition) is 3. The van der Waals surface area contributed by atoms with E-state index < -0.39 is 22.0 Å². The van der Waals surface area contributed by atoms with Crippen molar-refractivity contribution in [3.63, 3.8) is 0 Å². The van der Waals surface area contributed by atoms with Gasteiger partial charge in [0.2, 0.25) is 15.9 Å². The molecule has 2 aromatic carbocycles. The van der Waals surface area contributed by atoms with E-state index >= 15 is 0 Å². The molecular formula is C17H18Cl2N2O3S. The summed E-state index contributed by atoms with van der Waals surface area (Å²) < 4.78 is 25.5. The second-order valence-corrected chi connectivity index (χ2v) is 8.39. The average Bonchev–Trinajstić information content (AvgIpc) is 2.50. The molecule has 0 aliphatic carbocycles. The van der Waals surface area contributed by atoms with Crippen LogP contribution in [-0.4, -0.2) is 26.6 Å². The molecule has 1 N–H and O–H groups in total. The van der Waals surface area contributed by atoms with Crippen LogP contribution in [0.2, 0.25) is 10.0 Å². The average molecular weight is 401 g/mol. The minimum absolute atomic E-state index is 0.363. The SMILES string of the molecule is Cc1cc(Cl)ccc1NC(=O)[C@@H](C)N(c1ccc(Cl)cc1)S(C)(=O)=O. The van der Waals surface area contributed by atoms with Crippen LogP contribution < -0.4 is 9.62 Å². The molecule has 0 spiro atoms. The van der Waals surface area contributed by atoms with Crippen LogP contribution in [0.4, 0.5) is 11.4 Å². The Hall–Kier alpha value is -1.76. The predicted molar refractivity (Wildman–Crippen MR) is 103 cm³/mol. The summed E-state index contributed by atoms with van der Waals surface area (Å²) in [4.78, 5) is 12.6. The van der Waals surface area contributed by atoms with Crippen molar-refractivity contribution < 1.29 is 13.2 Å². The third-order valence-corrected chi connectivity index (χ3v) is 5.34. The van der Waals surface area contributed by atoms with Crippen LogP contribution in [0.1, 0.15) is 12.5 Å². The smallest absolute Gasteiger partial charge is 0.248 e. The minimum Gasteiger partial charge on any atom is -0.324 e. The molecule has 1 atom stereocenters. The molecule has 134 valence electrons. The number of benzene rings is 2. The number of carbonyl (C=O) groups is 1. The lowest BCUT2D eigenvalue weighted by Crippen LogP contribution is -2.45. The van der Waals surface area contributed by atoms with Crippen LogP contribution in [0.5, 0.6) is 0 Å². The summed E-state index contributed by atoms with van der Waals surface area (Å²) in [6.07, 6.45) is 1.05. The zero-order valence-corrected chi connectivity index (χ0v) is 16.3. The Morgan fingerprint density at radius 1 is 1.08 bits per heavy atom. The van der Waals surface area contributed by atoms with Crippen molar-refractivity contribution in [2.75, 3.05) is 15.9 Å². The lowest BCUT2D eigenvalue weighted by molar-refractivity contribution is -0.116. The van der Waals surface area contributed by atoms with E-state index in [0.717, 1.165) is 16.1 Å². The molecule has 0 radical (unpaired) electrons. The van der Waals surface area contributed by atoms with Gasteiger partial charge in [-0.3, -0.25) is 9.10 Å². The zero-order valence-electron chi connectivity index (χ0n) is 14.0. The first-order valence-electron chi connectivity index (χ1n) is 7.41. The largest absolute Gasteiger partial charge is 0.324 e. The molecule has 0 unspecified atom stereocenters. The highest BCUT2D eigenvalue weighted by Crippen LogP contribution is 2.24. The molecule has 0 aromatic heterocycles. The van der Waals surface area contributed by atoms with Crippen LogP contribution in [0.3, 0.4) is 0 Å². The van der Waals surface area contributed by atoms with E-state index in [0.29, 0.717) is 21.4 Å². The number of carbonyl (C=O) groups excluding carboxylic acids is 1. The van der Waals surface area contributed by atoms with Gasteiger partial charge in [0.1, 0.15) is 6.04 Å². The van der Waals surface area contributed by atoms with Crippen molar-refractivity contribution in [3.05, 3.63) is 58.1 Å². The second-order valence-electron chi connectivity index (χ2n) is 5.66. The van der Waals surface area contributed by atoms with Gasteiger partial charge in [0.15, 0.2) is 0 Å². The van der Waals surface area contributed by atoms with Gasteiger partial charge in [-0.25, -0.2) is 8.42 Å². The zero-order chi connectivity index (χ0) is 18.8. The Morgan fingerprint density at radius 3 is 2.16 bits per heavy atom. The number of nitrogens with zero attached hydrogens (tertiary/aromatic N) is 1.